The van der Waals surface area contributed by atoms with Gasteiger partial charge in [-0.15, -0.1) is 0 Å². The van der Waals surface area contributed by atoms with Crippen LogP contribution in [-0.2, 0) is 6.18 Å². The van der Waals surface area contributed by atoms with Gasteiger partial charge in [0.2, 0.25) is 0 Å². The van der Waals surface area contributed by atoms with E-state index in [0.717, 1.165) is 17.2 Å². The van der Waals surface area contributed by atoms with E-state index in [-0.39, 0.29) is 17.3 Å². The molecule has 3 heterocycles. The Morgan fingerprint density at radius 3 is 2.26 bits per heavy atom. The molecular weight excluding hydrogens is 403 g/mol. The number of halogens is 3. The van der Waals surface area contributed by atoms with Gasteiger partial charge >= 0.3 is 6.18 Å². The summed E-state index contributed by atoms with van der Waals surface area (Å²) in [6.45, 7) is 1.95. The van der Waals surface area contributed by atoms with Crippen LogP contribution in [-0.4, -0.2) is 19.9 Å². The van der Waals surface area contributed by atoms with E-state index >= 15 is 0 Å². The molecule has 31 heavy (non-hydrogen) atoms. The van der Waals surface area contributed by atoms with E-state index in [9.17, 15) is 13.2 Å². The number of nitrogens with zero attached hydrogens (tertiary/aromatic N) is 4. The standard InChI is InChI=1S/C23H18F3N5/c1-15-7-6-8-16(13-15)21(17-9-2-4-11-27-17)30-20-14-19(23(24,25)26)29-22(31-20)18-10-3-5-12-28-18/h2-14,21H,1H3,(H,29,30,31). The van der Waals surface area contributed by atoms with E-state index in [1.165, 1.54) is 6.20 Å². The van der Waals surface area contributed by atoms with Gasteiger partial charge in [0, 0.05) is 18.5 Å². The summed E-state index contributed by atoms with van der Waals surface area (Å²) in [5.41, 5.74) is 1.73. The average Bonchev–Trinajstić information content (AvgIpc) is 2.78. The van der Waals surface area contributed by atoms with Gasteiger partial charge in [0.15, 0.2) is 11.5 Å². The maximum absolute atomic E-state index is 13.5. The van der Waals surface area contributed by atoms with Gasteiger partial charge in [0.25, 0.3) is 0 Å². The summed E-state index contributed by atoms with van der Waals surface area (Å²) in [5, 5.41) is 3.12. The fraction of sp³-hybridized carbons (Fsp3) is 0.130. The van der Waals surface area contributed by atoms with Gasteiger partial charge in [-0.1, -0.05) is 42.0 Å². The van der Waals surface area contributed by atoms with Gasteiger partial charge in [-0.3, -0.25) is 9.97 Å². The second kappa shape index (κ2) is 8.51. The van der Waals surface area contributed by atoms with Crippen LogP contribution < -0.4 is 5.32 Å². The number of alkyl halides is 3. The van der Waals surface area contributed by atoms with Crippen molar-refractivity contribution in [3.05, 3.63) is 102 Å². The number of benzene rings is 1. The number of aryl methyl sites for hydroxylation is 1. The Labute approximate surface area is 177 Å². The van der Waals surface area contributed by atoms with Crippen LogP contribution in [0, 0.1) is 6.92 Å². The predicted molar refractivity (Wildman–Crippen MR) is 111 cm³/mol. The van der Waals surface area contributed by atoms with Crippen LogP contribution >= 0.6 is 0 Å². The Balaban J connectivity index is 1.81. The summed E-state index contributed by atoms with van der Waals surface area (Å²) in [6, 6.07) is 18.4. The van der Waals surface area contributed by atoms with Gasteiger partial charge in [-0.25, -0.2) is 9.97 Å². The molecule has 0 bridgehead atoms. The zero-order chi connectivity index (χ0) is 21.8. The molecule has 0 amide bonds. The smallest absolute Gasteiger partial charge is 0.357 e. The van der Waals surface area contributed by atoms with E-state index in [1.54, 1.807) is 30.5 Å². The summed E-state index contributed by atoms with van der Waals surface area (Å²) in [7, 11) is 0. The molecule has 0 aliphatic rings. The lowest BCUT2D eigenvalue weighted by Crippen LogP contribution is -2.17. The van der Waals surface area contributed by atoms with Crippen LogP contribution in [0.15, 0.2) is 79.1 Å². The molecule has 0 aliphatic carbocycles. The molecule has 3 aromatic heterocycles. The second-order valence-electron chi connectivity index (χ2n) is 6.92. The second-order valence-corrected chi connectivity index (χ2v) is 6.92. The van der Waals surface area contributed by atoms with Crippen molar-refractivity contribution >= 4 is 5.82 Å². The fourth-order valence-electron chi connectivity index (χ4n) is 3.15. The molecule has 5 nitrogen and oxygen atoms in total. The van der Waals surface area contributed by atoms with Gasteiger partial charge in [0.05, 0.1) is 11.7 Å². The number of nitrogens with one attached hydrogen (secondary N) is 1. The highest BCUT2D eigenvalue weighted by Gasteiger charge is 2.34. The lowest BCUT2D eigenvalue weighted by Gasteiger charge is -2.21. The molecule has 1 aromatic carbocycles. The topological polar surface area (TPSA) is 63.6 Å². The largest absolute Gasteiger partial charge is 0.433 e. The van der Waals surface area contributed by atoms with Crippen LogP contribution in [0.2, 0.25) is 0 Å². The number of anilines is 1. The molecule has 0 radical (unpaired) electrons. The highest BCUT2D eigenvalue weighted by molar-refractivity contribution is 5.54. The Bertz CT molecular complexity index is 1160. The lowest BCUT2D eigenvalue weighted by atomic mass is 10.0. The van der Waals surface area contributed by atoms with Crippen molar-refractivity contribution < 1.29 is 13.2 Å². The first-order valence-electron chi connectivity index (χ1n) is 9.52. The number of hydrogen-bond acceptors (Lipinski definition) is 5. The van der Waals surface area contributed by atoms with Crippen molar-refractivity contribution in [1.29, 1.82) is 0 Å². The summed E-state index contributed by atoms with van der Waals surface area (Å²) >= 11 is 0. The van der Waals surface area contributed by atoms with E-state index in [2.05, 4.69) is 25.3 Å². The Morgan fingerprint density at radius 1 is 0.839 bits per heavy atom. The molecule has 0 saturated carbocycles. The van der Waals surface area contributed by atoms with Crippen LogP contribution in [0.1, 0.15) is 28.6 Å². The lowest BCUT2D eigenvalue weighted by molar-refractivity contribution is -0.141. The summed E-state index contributed by atoms with van der Waals surface area (Å²) in [6.07, 6.45) is -1.51. The quantitative estimate of drug-likeness (QED) is 0.463. The maximum Gasteiger partial charge on any atom is 0.433 e. The van der Waals surface area contributed by atoms with Crippen molar-refractivity contribution in [3.63, 3.8) is 0 Å². The first-order chi connectivity index (χ1) is 14.9. The van der Waals surface area contributed by atoms with Gasteiger partial charge in [-0.05, 0) is 36.8 Å². The minimum absolute atomic E-state index is 0.0279. The summed E-state index contributed by atoms with van der Waals surface area (Å²) in [4.78, 5) is 16.5. The molecular formula is C23H18F3N5. The Morgan fingerprint density at radius 2 is 1.61 bits per heavy atom. The minimum atomic E-state index is -4.63. The Hall–Kier alpha value is -3.81. The first-order valence-corrected chi connectivity index (χ1v) is 9.52. The molecule has 1 unspecified atom stereocenters. The Kier molecular flexibility index (Phi) is 5.62. The molecule has 0 saturated heterocycles. The van der Waals surface area contributed by atoms with Crippen LogP contribution in [0.4, 0.5) is 19.0 Å². The summed E-state index contributed by atoms with van der Waals surface area (Å²) < 4.78 is 40.6. The average molecular weight is 421 g/mol. The van der Waals surface area contributed by atoms with E-state index in [1.807, 2.05) is 43.3 Å². The van der Waals surface area contributed by atoms with Crippen LogP contribution in [0.25, 0.3) is 11.5 Å². The molecule has 4 aromatic rings. The fourth-order valence-corrected chi connectivity index (χ4v) is 3.15. The first kappa shape index (κ1) is 20.5. The number of rotatable bonds is 5. The molecule has 0 aliphatic heterocycles. The third-order valence-electron chi connectivity index (χ3n) is 4.56. The highest BCUT2D eigenvalue weighted by atomic mass is 19.4. The highest BCUT2D eigenvalue weighted by Crippen LogP contribution is 2.32. The van der Waals surface area contributed by atoms with Crippen molar-refractivity contribution in [2.75, 3.05) is 5.32 Å². The zero-order valence-electron chi connectivity index (χ0n) is 16.5. The van der Waals surface area contributed by atoms with Crippen molar-refractivity contribution in [2.45, 2.75) is 19.1 Å². The predicted octanol–water partition coefficient (Wildman–Crippen LogP) is 5.46. The normalized spacial score (nSPS) is 12.4. The third-order valence-corrected chi connectivity index (χ3v) is 4.56. The number of pyridine rings is 2. The molecule has 0 fully saturated rings. The van der Waals surface area contributed by atoms with E-state index < -0.39 is 17.9 Å². The SMILES string of the molecule is Cc1cccc(C(Nc2cc(C(F)(F)F)nc(-c3ccccn3)n2)c2ccccn2)c1. The number of hydrogen-bond donors (Lipinski definition) is 1. The van der Waals surface area contributed by atoms with Crippen LogP contribution in [0.3, 0.4) is 0 Å². The molecule has 156 valence electrons. The van der Waals surface area contributed by atoms with Crippen LogP contribution in [0.5, 0.6) is 0 Å². The maximum atomic E-state index is 13.5. The van der Waals surface area contributed by atoms with Gasteiger partial charge in [0.1, 0.15) is 11.5 Å². The molecule has 8 heteroatoms. The molecule has 1 atom stereocenters. The molecule has 1 N–H and O–H groups in total. The van der Waals surface area contributed by atoms with E-state index in [4.69, 9.17) is 0 Å². The van der Waals surface area contributed by atoms with Crippen molar-refractivity contribution in [2.24, 2.45) is 0 Å². The monoisotopic (exact) mass is 421 g/mol. The third kappa shape index (κ3) is 4.85. The molecule has 4 rings (SSSR count). The summed E-state index contributed by atoms with van der Waals surface area (Å²) in [5.74, 6) is -0.0814. The minimum Gasteiger partial charge on any atom is -0.357 e. The number of aromatic nitrogens is 4. The van der Waals surface area contributed by atoms with Gasteiger partial charge in [-0.2, -0.15) is 13.2 Å². The van der Waals surface area contributed by atoms with Crippen molar-refractivity contribution in [1.82, 2.24) is 19.9 Å². The van der Waals surface area contributed by atoms with Crippen molar-refractivity contribution in [3.8, 4) is 11.5 Å². The van der Waals surface area contributed by atoms with E-state index in [0.29, 0.717) is 5.69 Å². The van der Waals surface area contributed by atoms with Gasteiger partial charge < -0.3 is 5.32 Å². The molecule has 0 spiro atoms. The zero-order valence-corrected chi connectivity index (χ0v) is 16.5.